The van der Waals surface area contributed by atoms with E-state index in [9.17, 15) is 5.26 Å². The molecule has 3 aromatic heterocycles. The minimum atomic E-state index is -0.0722. The fourth-order valence-corrected chi connectivity index (χ4v) is 6.32. The number of morpholine rings is 2. The van der Waals surface area contributed by atoms with Crippen LogP contribution in [0.5, 0.6) is 0 Å². The lowest BCUT2D eigenvalue weighted by molar-refractivity contribution is -0.0394. The molecule has 0 aliphatic carbocycles. The van der Waals surface area contributed by atoms with Crippen LogP contribution in [0.25, 0.3) is 16.7 Å². The normalized spacial score (nSPS) is 28.1. The van der Waals surface area contributed by atoms with Crippen LogP contribution in [0.4, 0.5) is 11.5 Å². The number of ether oxygens (including phenoxy) is 3. The molecule has 4 saturated heterocycles. The zero-order valence-corrected chi connectivity index (χ0v) is 21.1. The average molecular weight is 505 g/mol. The number of anilines is 2. The highest BCUT2D eigenvalue weighted by molar-refractivity contribution is 5.96. The Bertz CT molecular complexity index is 1320. The van der Waals surface area contributed by atoms with E-state index in [-0.39, 0.29) is 12.3 Å². The molecule has 7 rings (SSSR count). The molecule has 0 aromatic carbocycles. The van der Waals surface area contributed by atoms with Crippen molar-refractivity contribution >= 4 is 22.5 Å². The lowest BCUT2D eigenvalue weighted by Gasteiger charge is -2.38. The van der Waals surface area contributed by atoms with E-state index in [1.165, 1.54) is 0 Å². The van der Waals surface area contributed by atoms with Crippen molar-refractivity contribution in [3.05, 3.63) is 24.2 Å². The maximum atomic E-state index is 10.1. The largest absolute Gasteiger partial charge is 0.377 e. The molecule has 3 unspecified atom stereocenters. The quantitative estimate of drug-likeness (QED) is 0.530. The molecule has 4 aliphatic rings. The Morgan fingerprint density at radius 1 is 1.05 bits per heavy atom. The molecule has 0 amide bonds. The van der Waals surface area contributed by atoms with Crippen LogP contribution in [0.2, 0.25) is 0 Å². The van der Waals surface area contributed by atoms with E-state index in [4.69, 9.17) is 24.3 Å². The summed E-state index contributed by atoms with van der Waals surface area (Å²) >= 11 is 0. The van der Waals surface area contributed by atoms with Gasteiger partial charge in [-0.15, -0.1) is 0 Å². The van der Waals surface area contributed by atoms with Crippen molar-refractivity contribution in [2.45, 2.75) is 63.4 Å². The van der Waals surface area contributed by atoms with Crippen molar-refractivity contribution in [3.63, 3.8) is 0 Å². The summed E-state index contributed by atoms with van der Waals surface area (Å²) in [6.45, 7) is 6.39. The number of nitriles is 1. The number of hydrogen-bond donors (Lipinski definition) is 0. The van der Waals surface area contributed by atoms with Crippen LogP contribution in [-0.4, -0.2) is 82.2 Å². The third-order valence-corrected chi connectivity index (χ3v) is 8.17. The van der Waals surface area contributed by atoms with Gasteiger partial charge < -0.3 is 24.0 Å². The molecule has 4 aliphatic heterocycles. The maximum absolute atomic E-state index is 10.1. The van der Waals surface area contributed by atoms with E-state index in [0.29, 0.717) is 36.6 Å². The van der Waals surface area contributed by atoms with E-state index in [1.54, 1.807) is 10.9 Å². The van der Waals surface area contributed by atoms with E-state index < -0.39 is 0 Å². The highest BCUT2D eigenvalue weighted by atomic mass is 16.5. The summed E-state index contributed by atoms with van der Waals surface area (Å²) in [6.07, 6.45) is 9.01. The third-order valence-electron chi connectivity index (χ3n) is 8.17. The monoisotopic (exact) mass is 504 g/mol. The molecule has 11 nitrogen and oxygen atoms in total. The summed E-state index contributed by atoms with van der Waals surface area (Å²) in [7, 11) is 0. The summed E-state index contributed by atoms with van der Waals surface area (Å²) in [5, 5.41) is 20.3. The Labute approximate surface area is 215 Å². The van der Waals surface area contributed by atoms with Gasteiger partial charge in [-0.1, -0.05) is 0 Å². The summed E-state index contributed by atoms with van der Waals surface area (Å²) in [5.41, 5.74) is 2.82. The first-order valence-corrected chi connectivity index (χ1v) is 13.4. The molecule has 37 heavy (non-hydrogen) atoms. The number of nitrogens with zero attached hydrogens (tertiary/aromatic N) is 8. The summed E-state index contributed by atoms with van der Waals surface area (Å²) in [6, 6.07) is 5.31. The van der Waals surface area contributed by atoms with Crippen molar-refractivity contribution in [1.82, 2.24) is 24.5 Å². The molecular formula is C26H32N8O3. The molecule has 194 valence electrons. The molecule has 4 fully saturated rings. The predicted molar refractivity (Wildman–Crippen MR) is 136 cm³/mol. The molecule has 0 N–H and O–H groups in total. The molecule has 11 heteroatoms. The molecule has 0 spiro atoms. The number of rotatable bonds is 4. The van der Waals surface area contributed by atoms with Crippen LogP contribution in [0.1, 0.15) is 50.9 Å². The number of pyridine rings is 1. The van der Waals surface area contributed by atoms with Crippen LogP contribution in [0, 0.1) is 11.3 Å². The molecule has 4 atom stereocenters. The van der Waals surface area contributed by atoms with Gasteiger partial charge in [0.25, 0.3) is 0 Å². The second kappa shape index (κ2) is 9.28. The Morgan fingerprint density at radius 2 is 1.92 bits per heavy atom. The summed E-state index contributed by atoms with van der Waals surface area (Å²) < 4.78 is 21.2. The Balaban J connectivity index is 1.39. The zero-order valence-electron chi connectivity index (χ0n) is 21.1. The summed E-state index contributed by atoms with van der Waals surface area (Å²) in [4.78, 5) is 9.95. The fraction of sp³-hybridized carbons (Fsp3) is 0.615. The minimum Gasteiger partial charge on any atom is -0.377 e. The van der Waals surface area contributed by atoms with Crippen LogP contribution < -0.4 is 9.80 Å². The number of hydrogen-bond acceptors (Lipinski definition) is 9. The lowest BCUT2D eigenvalue weighted by Crippen LogP contribution is -2.47. The highest BCUT2D eigenvalue weighted by Crippen LogP contribution is 2.39. The first-order chi connectivity index (χ1) is 18.2. The van der Waals surface area contributed by atoms with Crippen LogP contribution in [0.3, 0.4) is 0 Å². The first kappa shape index (κ1) is 23.0. The second-order valence-corrected chi connectivity index (χ2v) is 10.5. The third kappa shape index (κ3) is 3.86. The average Bonchev–Trinajstić information content (AvgIpc) is 3.63. The summed E-state index contributed by atoms with van der Waals surface area (Å²) in [5.74, 6) is 0.922. The van der Waals surface area contributed by atoms with Crippen molar-refractivity contribution < 1.29 is 14.2 Å². The SMILES string of the molecule is C[C@@H]1COCCN1c1cc(N2C3CCC2COC3)nc2c1c(C#N)nn2-c1cnn(C2CCCCO2)c1. The van der Waals surface area contributed by atoms with Gasteiger partial charge in [0.1, 0.15) is 23.8 Å². The van der Waals surface area contributed by atoms with Gasteiger partial charge in [-0.2, -0.15) is 15.5 Å². The van der Waals surface area contributed by atoms with Crippen molar-refractivity contribution in [3.8, 4) is 11.8 Å². The Hall–Kier alpha value is -3.20. The van der Waals surface area contributed by atoms with Gasteiger partial charge in [-0.25, -0.2) is 14.3 Å². The van der Waals surface area contributed by atoms with Crippen molar-refractivity contribution in [2.75, 3.05) is 49.4 Å². The smallest absolute Gasteiger partial charge is 0.174 e. The van der Waals surface area contributed by atoms with Gasteiger partial charge in [0.2, 0.25) is 0 Å². The second-order valence-electron chi connectivity index (χ2n) is 10.5. The Kier molecular flexibility index (Phi) is 5.75. The topological polar surface area (TPSA) is 106 Å². The standard InChI is InChI=1S/C26H32N8O3/c1-17-14-35-9-7-31(17)22-10-23(33-18-5-6-19(33)16-36-15-18)29-26-25(22)21(11-27)30-34(26)20-12-28-32(13-20)24-4-2-3-8-37-24/h10,12-13,17-19,24H,2-9,14-16H2,1H3/t17-,18?,19?,24?/m1/s1. The van der Waals surface area contributed by atoms with Gasteiger partial charge in [0.15, 0.2) is 11.3 Å². The maximum Gasteiger partial charge on any atom is 0.174 e. The molecule has 2 bridgehead atoms. The minimum absolute atomic E-state index is 0.0722. The lowest BCUT2D eigenvalue weighted by atomic mass is 10.1. The number of aromatic nitrogens is 5. The van der Waals surface area contributed by atoms with Crippen molar-refractivity contribution in [2.24, 2.45) is 0 Å². The molecule has 3 aromatic rings. The highest BCUT2D eigenvalue weighted by Gasteiger charge is 2.39. The van der Waals surface area contributed by atoms with Gasteiger partial charge in [0, 0.05) is 25.3 Å². The Morgan fingerprint density at radius 3 is 2.68 bits per heavy atom. The first-order valence-electron chi connectivity index (χ1n) is 13.4. The van der Waals surface area contributed by atoms with Gasteiger partial charge in [-0.05, 0) is 39.0 Å². The van der Waals surface area contributed by atoms with Crippen LogP contribution in [-0.2, 0) is 14.2 Å². The molecule has 0 saturated carbocycles. The van der Waals surface area contributed by atoms with Gasteiger partial charge in [0.05, 0.1) is 62.0 Å². The molecule has 7 heterocycles. The number of fused-ring (bicyclic) bond motifs is 3. The zero-order chi connectivity index (χ0) is 24.9. The van der Waals surface area contributed by atoms with Gasteiger partial charge >= 0.3 is 0 Å². The predicted octanol–water partition coefficient (Wildman–Crippen LogP) is 2.78. The van der Waals surface area contributed by atoms with E-state index in [2.05, 4.69) is 34.0 Å². The van der Waals surface area contributed by atoms with Crippen LogP contribution in [0.15, 0.2) is 18.5 Å². The van der Waals surface area contributed by atoms with E-state index in [0.717, 1.165) is 81.0 Å². The molecular weight excluding hydrogens is 472 g/mol. The molecule has 0 radical (unpaired) electrons. The van der Waals surface area contributed by atoms with Gasteiger partial charge in [-0.3, -0.25) is 0 Å². The fourth-order valence-electron chi connectivity index (χ4n) is 6.32. The van der Waals surface area contributed by atoms with E-state index in [1.807, 2.05) is 10.9 Å². The van der Waals surface area contributed by atoms with Crippen LogP contribution >= 0.6 is 0 Å². The van der Waals surface area contributed by atoms with Crippen molar-refractivity contribution in [1.29, 1.82) is 5.26 Å². The van der Waals surface area contributed by atoms with E-state index >= 15 is 0 Å².